The monoisotopic (exact) mass is 560 g/mol. The lowest BCUT2D eigenvalue weighted by Gasteiger charge is -2.40. The third-order valence-corrected chi connectivity index (χ3v) is 7.98. The van der Waals surface area contributed by atoms with Crippen LogP contribution in [-0.2, 0) is 9.59 Å². The number of hydrogen-bond acceptors (Lipinski definition) is 4. The fraction of sp³-hybridized carbons (Fsp3) is 0.667. The van der Waals surface area contributed by atoms with Crippen molar-refractivity contribution in [3.05, 3.63) is 29.1 Å². The van der Waals surface area contributed by atoms with Crippen molar-refractivity contribution in [2.75, 3.05) is 5.32 Å². The zero-order valence-corrected chi connectivity index (χ0v) is 22.3. The van der Waals surface area contributed by atoms with E-state index in [4.69, 9.17) is 5.73 Å². The van der Waals surface area contributed by atoms with Crippen molar-refractivity contribution in [3.8, 4) is 6.07 Å². The zero-order valence-electron chi connectivity index (χ0n) is 21.5. The van der Waals surface area contributed by atoms with Crippen molar-refractivity contribution in [1.29, 1.82) is 5.26 Å². The van der Waals surface area contributed by atoms with Crippen molar-refractivity contribution in [1.82, 2.24) is 5.32 Å². The highest BCUT2D eigenvalue weighted by Gasteiger charge is 2.38. The minimum Gasteiger partial charge on any atom is -0.322 e. The second-order valence-electron chi connectivity index (χ2n) is 10.4. The number of alkyl halides is 3. The maximum Gasteiger partial charge on any atom is 0.287 e. The van der Waals surface area contributed by atoms with E-state index < -0.39 is 42.3 Å². The number of carbonyl (C=O) groups is 2. The Morgan fingerprint density at radius 3 is 1.97 bits per heavy atom. The van der Waals surface area contributed by atoms with Crippen molar-refractivity contribution in [2.45, 2.75) is 95.8 Å². The second-order valence-corrected chi connectivity index (χ2v) is 10.4. The summed E-state index contributed by atoms with van der Waals surface area (Å²) in [5, 5.41) is 13.6. The van der Waals surface area contributed by atoms with Gasteiger partial charge in [0.1, 0.15) is 5.82 Å². The summed E-state index contributed by atoms with van der Waals surface area (Å²) in [4.78, 5) is 25.4. The van der Waals surface area contributed by atoms with Crippen LogP contribution in [0.5, 0.6) is 0 Å². The van der Waals surface area contributed by atoms with Gasteiger partial charge in [0.2, 0.25) is 18.1 Å². The minimum atomic E-state index is -3.42. The maximum atomic E-state index is 15.0. The van der Waals surface area contributed by atoms with Gasteiger partial charge in [0.15, 0.2) is 0 Å². The smallest absolute Gasteiger partial charge is 0.287 e. The molecule has 11 heteroatoms. The molecule has 0 aliphatic heterocycles. The second kappa shape index (κ2) is 14.7. The fourth-order valence-electron chi connectivity index (χ4n) is 6.00. The first-order chi connectivity index (χ1) is 17.6. The van der Waals surface area contributed by atoms with E-state index in [1.54, 1.807) is 0 Å². The molecule has 2 saturated carbocycles. The minimum absolute atomic E-state index is 0. The van der Waals surface area contributed by atoms with E-state index >= 15 is 4.39 Å². The van der Waals surface area contributed by atoms with Gasteiger partial charge in [0.25, 0.3) is 6.43 Å². The van der Waals surface area contributed by atoms with Crippen LogP contribution in [0.25, 0.3) is 0 Å². The average Bonchev–Trinajstić information content (AvgIpc) is 2.90. The number of hydrogen-bond donors (Lipinski definition) is 3. The summed E-state index contributed by atoms with van der Waals surface area (Å²) in [6.45, 7) is 1.25. The van der Waals surface area contributed by atoms with E-state index in [9.17, 15) is 28.0 Å². The lowest BCUT2D eigenvalue weighted by molar-refractivity contribution is -0.126. The zero-order chi connectivity index (χ0) is 27.1. The van der Waals surface area contributed by atoms with E-state index in [1.165, 1.54) is 25.1 Å². The first-order valence-electron chi connectivity index (χ1n) is 13.2. The molecule has 0 aromatic heterocycles. The highest BCUT2D eigenvalue weighted by Crippen LogP contribution is 2.41. The van der Waals surface area contributed by atoms with Crippen LogP contribution in [0.1, 0.15) is 88.2 Å². The number of amides is 2. The number of benzene rings is 1. The number of nitriles is 1. The first-order valence-corrected chi connectivity index (χ1v) is 13.2. The molecule has 2 unspecified atom stereocenters. The molecule has 3 atom stereocenters. The van der Waals surface area contributed by atoms with Crippen LogP contribution in [0.3, 0.4) is 0 Å². The lowest BCUT2D eigenvalue weighted by Crippen LogP contribution is -2.48. The van der Waals surface area contributed by atoms with Crippen LogP contribution in [0.2, 0.25) is 0 Å². The average molecular weight is 561 g/mol. The molecule has 38 heavy (non-hydrogen) atoms. The molecule has 1 aromatic carbocycles. The van der Waals surface area contributed by atoms with Crippen molar-refractivity contribution in [3.63, 3.8) is 0 Å². The Morgan fingerprint density at radius 1 is 0.974 bits per heavy atom. The molecule has 0 spiro atoms. The van der Waals surface area contributed by atoms with Gasteiger partial charge < -0.3 is 16.4 Å². The molecule has 0 radical (unpaired) electrons. The van der Waals surface area contributed by atoms with Gasteiger partial charge in [-0.1, -0.05) is 64.2 Å². The summed E-state index contributed by atoms with van der Waals surface area (Å²) in [7, 11) is 0. The molecule has 212 valence electrons. The Kier molecular flexibility index (Phi) is 12.3. The topological polar surface area (TPSA) is 108 Å². The fourth-order valence-corrected chi connectivity index (χ4v) is 6.00. The molecular formula is C27H37ClF4N4O2. The van der Waals surface area contributed by atoms with E-state index in [2.05, 4.69) is 5.32 Å². The molecule has 2 aliphatic rings. The predicted molar refractivity (Wildman–Crippen MR) is 139 cm³/mol. The summed E-state index contributed by atoms with van der Waals surface area (Å²) in [5.74, 6) is -3.17. The summed E-state index contributed by atoms with van der Waals surface area (Å²) in [6, 6.07) is 2.98. The van der Waals surface area contributed by atoms with Crippen LogP contribution >= 0.6 is 12.4 Å². The number of anilines is 1. The largest absolute Gasteiger partial charge is 0.322 e. The van der Waals surface area contributed by atoms with Gasteiger partial charge in [-0.2, -0.15) is 5.26 Å². The van der Waals surface area contributed by atoms with Crippen LogP contribution in [0.4, 0.5) is 23.2 Å². The van der Waals surface area contributed by atoms with Crippen LogP contribution in [0.15, 0.2) is 12.1 Å². The molecule has 1 aromatic rings. The van der Waals surface area contributed by atoms with Gasteiger partial charge in [-0.25, -0.2) is 17.6 Å². The van der Waals surface area contributed by atoms with Crippen LogP contribution < -0.4 is 16.4 Å². The summed E-state index contributed by atoms with van der Waals surface area (Å²) >= 11 is 0. The van der Waals surface area contributed by atoms with Gasteiger partial charge in [-0.05, 0) is 42.4 Å². The Hall–Kier alpha value is -2.38. The summed E-state index contributed by atoms with van der Waals surface area (Å²) in [6.07, 6.45) is 4.57. The van der Waals surface area contributed by atoms with Gasteiger partial charge in [-0.15, -0.1) is 12.4 Å². The molecule has 0 bridgehead atoms. The van der Waals surface area contributed by atoms with E-state index in [-0.39, 0.29) is 35.1 Å². The number of nitrogens with one attached hydrogen (secondary N) is 2. The van der Waals surface area contributed by atoms with E-state index in [0.29, 0.717) is 11.8 Å². The van der Waals surface area contributed by atoms with Crippen LogP contribution in [0, 0.1) is 34.9 Å². The third-order valence-electron chi connectivity index (χ3n) is 7.98. The summed E-state index contributed by atoms with van der Waals surface area (Å²) < 4.78 is 53.2. The van der Waals surface area contributed by atoms with E-state index in [0.717, 1.165) is 63.5 Å². The lowest BCUT2D eigenvalue weighted by atomic mass is 9.66. The number of carbonyl (C=O) groups excluding carboxylic acids is 2. The normalized spacial score (nSPS) is 19.2. The molecule has 0 saturated heterocycles. The molecule has 2 amide bonds. The molecule has 4 N–H and O–H groups in total. The number of rotatable bonds is 9. The molecule has 0 heterocycles. The van der Waals surface area contributed by atoms with Gasteiger partial charge >= 0.3 is 0 Å². The number of halogens is 5. The standard InChI is InChI=1S/C27H36F4N4O2.ClH/c1-15(26(36)35-25(31)24(29)30)19-13-20(28)21(12-18(19)14-32)34-27(37)23(33)22(16-8-4-2-5-9-16)17-10-6-3-7-11-17;/h12-13,15-17,22-25H,2-11,33H2,1H3,(H,34,37)(H,35,36);1H/t15?,23-,25?;/m0./s1. The molecule has 6 nitrogen and oxygen atoms in total. The summed E-state index contributed by atoms with van der Waals surface area (Å²) in [5.41, 5.74) is 6.03. The number of nitrogens with zero attached hydrogens (tertiary/aromatic N) is 1. The Bertz CT molecular complexity index is 976. The van der Waals surface area contributed by atoms with Crippen molar-refractivity contribution >= 4 is 29.9 Å². The first kappa shape index (κ1) is 31.8. The van der Waals surface area contributed by atoms with Gasteiger partial charge in [0, 0.05) is 0 Å². The molecule has 2 fully saturated rings. The molecular weight excluding hydrogens is 524 g/mol. The van der Waals surface area contributed by atoms with Gasteiger partial charge in [-0.3, -0.25) is 9.59 Å². The predicted octanol–water partition coefficient (Wildman–Crippen LogP) is 5.94. The SMILES string of the molecule is CC(C(=O)NC(F)C(F)F)c1cc(F)c(NC(=O)[C@@H](N)C(C2CCCCC2)C2CCCCC2)cc1C#N.Cl. The molecule has 3 rings (SSSR count). The third kappa shape index (κ3) is 7.82. The highest BCUT2D eigenvalue weighted by atomic mass is 35.5. The van der Waals surface area contributed by atoms with Crippen molar-refractivity contribution < 1.29 is 27.2 Å². The van der Waals surface area contributed by atoms with Crippen LogP contribution in [-0.4, -0.2) is 30.6 Å². The maximum absolute atomic E-state index is 15.0. The highest BCUT2D eigenvalue weighted by molar-refractivity contribution is 5.95. The van der Waals surface area contributed by atoms with Crippen molar-refractivity contribution in [2.24, 2.45) is 23.5 Å². The van der Waals surface area contributed by atoms with Gasteiger partial charge in [0.05, 0.1) is 29.3 Å². The molecule has 2 aliphatic carbocycles. The Balaban J connectivity index is 0.00000507. The number of nitrogens with two attached hydrogens (primary N) is 1. The van der Waals surface area contributed by atoms with E-state index in [1.807, 2.05) is 6.07 Å². The Morgan fingerprint density at radius 2 is 1.50 bits per heavy atom. The Labute approximate surface area is 227 Å². The quantitative estimate of drug-likeness (QED) is 0.256.